The minimum atomic E-state index is -3.67. The third-order valence-corrected chi connectivity index (χ3v) is 5.81. The molecule has 1 aliphatic rings. The second-order valence-corrected chi connectivity index (χ2v) is 7.54. The first-order chi connectivity index (χ1) is 11.6. The van der Waals surface area contributed by atoms with Gasteiger partial charge in [-0.3, -0.25) is 0 Å². The van der Waals surface area contributed by atoms with Gasteiger partial charge in [-0.1, -0.05) is 30.3 Å². The molecule has 0 unspecified atom stereocenters. The molecule has 0 spiro atoms. The van der Waals surface area contributed by atoms with E-state index in [-0.39, 0.29) is 24.4 Å². The van der Waals surface area contributed by atoms with Gasteiger partial charge in [0.2, 0.25) is 10.0 Å². The Hall–Kier alpha value is -2.36. The van der Waals surface area contributed by atoms with Gasteiger partial charge in [0.1, 0.15) is 5.75 Å². The summed E-state index contributed by atoms with van der Waals surface area (Å²) in [6.07, 6.45) is 0.871. The van der Waals surface area contributed by atoms with Crippen molar-refractivity contribution >= 4 is 10.0 Å². The van der Waals surface area contributed by atoms with Crippen molar-refractivity contribution < 1.29 is 13.2 Å². The van der Waals surface area contributed by atoms with Gasteiger partial charge in [0.05, 0.1) is 17.6 Å². The monoisotopic (exact) mass is 342 g/mol. The first kappa shape index (κ1) is 16.5. The summed E-state index contributed by atoms with van der Waals surface area (Å²) in [7, 11) is -3.67. The van der Waals surface area contributed by atoms with Crippen LogP contribution in [0.2, 0.25) is 0 Å². The van der Waals surface area contributed by atoms with E-state index in [9.17, 15) is 8.42 Å². The number of nitrogens with zero attached hydrogens (tertiary/aromatic N) is 2. The summed E-state index contributed by atoms with van der Waals surface area (Å²) in [6, 6.07) is 16.4. The van der Waals surface area contributed by atoms with Crippen LogP contribution in [0.5, 0.6) is 5.75 Å². The first-order valence-corrected chi connectivity index (χ1v) is 9.22. The maximum absolute atomic E-state index is 13.0. The van der Waals surface area contributed by atoms with E-state index >= 15 is 0 Å². The Kier molecular flexibility index (Phi) is 4.84. The van der Waals surface area contributed by atoms with E-state index < -0.39 is 10.0 Å². The molecule has 2 aromatic carbocycles. The van der Waals surface area contributed by atoms with Gasteiger partial charge in [-0.2, -0.15) is 9.57 Å². The molecule has 6 heteroatoms. The largest absolute Gasteiger partial charge is 0.493 e. The summed E-state index contributed by atoms with van der Waals surface area (Å²) >= 11 is 0. The molecule has 0 bridgehead atoms. The molecule has 124 valence electrons. The van der Waals surface area contributed by atoms with Crippen molar-refractivity contribution in [2.45, 2.75) is 24.3 Å². The molecular formula is C18H18N2O3S. The van der Waals surface area contributed by atoms with Crippen LogP contribution < -0.4 is 4.74 Å². The van der Waals surface area contributed by atoms with E-state index in [1.54, 1.807) is 18.2 Å². The van der Waals surface area contributed by atoms with Crippen molar-refractivity contribution in [1.82, 2.24) is 4.31 Å². The van der Waals surface area contributed by atoms with Crippen LogP contribution in [-0.2, 0) is 23.0 Å². The van der Waals surface area contributed by atoms with Crippen molar-refractivity contribution in [2.75, 3.05) is 13.2 Å². The van der Waals surface area contributed by atoms with Gasteiger partial charge in [0.25, 0.3) is 0 Å². The first-order valence-electron chi connectivity index (χ1n) is 7.78. The lowest BCUT2D eigenvalue weighted by molar-refractivity contribution is 0.356. The van der Waals surface area contributed by atoms with E-state index in [0.29, 0.717) is 6.61 Å². The Morgan fingerprint density at radius 2 is 1.96 bits per heavy atom. The zero-order chi connectivity index (χ0) is 17.0. The van der Waals surface area contributed by atoms with Crippen LogP contribution in [0.1, 0.15) is 17.5 Å². The standard InChI is InChI=1S/C18H18N2O3S/c19-10-4-11-20(14-15-5-2-1-3-6-15)24(21,22)17-7-8-18-16(13-17)9-12-23-18/h1-3,5-8,13H,4,9,11-12,14H2. The highest BCUT2D eigenvalue weighted by atomic mass is 32.2. The fraction of sp³-hybridized carbons (Fsp3) is 0.278. The average molecular weight is 342 g/mol. The van der Waals surface area contributed by atoms with Crippen LogP contribution in [0, 0.1) is 11.3 Å². The topological polar surface area (TPSA) is 70.4 Å². The predicted octanol–water partition coefficient (Wildman–Crippen LogP) is 2.73. The quantitative estimate of drug-likeness (QED) is 0.809. The zero-order valence-electron chi connectivity index (χ0n) is 13.2. The SMILES string of the molecule is N#CCCN(Cc1ccccc1)S(=O)(=O)c1ccc2c(c1)CCO2. The number of benzene rings is 2. The van der Waals surface area contributed by atoms with Gasteiger partial charge in [0.15, 0.2) is 0 Å². The molecule has 3 rings (SSSR count). The zero-order valence-corrected chi connectivity index (χ0v) is 14.0. The molecule has 1 heterocycles. The summed E-state index contributed by atoms with van der Waals surface area (Å²) in [5.41, 5.74) is 1.81. The highest BCUT2D eigenvalue weighted by molar-refractivity contribution is 7.89. The van der Waals surface area contributed by atoms with E-state index in [1.807, 2.05) is 36.4 Å². The van der Waals surface area contributed by atoms with Gasteiger partial charge >= 0.3 is 0 Å². The second kappa shape index (κ2) is 7.04. The van der Waals surface area contributed by atoms with Crippen molar-refractivity contribution in [3.05, 3.63) is 59.7 Å². The molecule has 1 aliphatic heterocycles. The summed E-state index contributed by atoms with van der Waals surface area (Å²) in [5, 5.41) is 8.86. The Labute approximate surface area is 142 Å². The number of hydrogen-bond donors (Lipinski definition) is 0. The fourth-order valence-electron chi connectivity index (χ4n) is 2.72. The van der Waals surface area contributed by atoms with E-state index in [1.165, 1.54) is 4.31 Å². The minimum absolute atomic E-state index is 0.153. The van der Waals surface area contributed by atoms with Crippen LogP contribution in [-0.4, -0.2) is 25.9 Å². The van der Waals surface area contributed by atoms with Gasteiger partial charge in [-0.15, -0.1) is 0 Å². The lowest BCUT2D eigenvalue weighted by Crippen LogP contribution is -2.31. The number of sulfonamides is 1. The lowest BCUT2D eigenvalue weighted by Gasteiger charge is -2.21. The van der Waals surface area contributed by atoms with Crippen molar-refractivity contribution in [2.24, 2.45) is 0 Å². The number of rotatable bonds is 6. The van der Waals surface area contributed by atoms with E-state index in [4.69, 9.17) is 10.00 Å². The highest BCUT2D eigenvalue weighted by Crippen LogP contribution is 2.29. The highest BCUT2D eigenvalue weighted by Gasteiger charge is 2.26. The Bertz CT molecular complexity index is 858. The lowest BCUT2D eigenvalue weighted by atomic mass is 10.2. The third kappa shape index (κ3) is 3.42. The molecule has 0 aliphatic carbocycles. The molecule has 24 heavy (non-hydrogen) atoms. The molecule has 0 fully saturated rings. The van der Waals surface area contributed by atoms with Gasteiger partial charge in [0, 0.05) is 25.9 Å². The summed E-state index contributed by atoms with van der Waals surface area (Å²) in [5.74, 6) is 0.751. The van der Waals surface area contributed by atoms with Crippen LogP contribution in [0.25, 0.3) is 0 Å². The molecular weight excluding hydrogens is 324 g/mol. The Balaban J connectivity index is 1.91. The average Bonchev–Trinajstić information content (AvgIpc) is 3.07. The number of ether oxygens (including phenoxy) is 1. The molecule has 0 saturated heterocycles. The summed E-state index contributed by atoms with van der Waals surface area (Å²) in [6.45, 7) is 1.00. The van der Waals surface area contributed by atoms with Crippen molar-refractivity contribution in [3.63, 3.8) is 0 Å². The molecule has 0 aromatic heterocycles. The molecule has 0 saturated carbocycles. The normalized spacial score (nSPS) is 13.3. The van der Waals surface area contributed by atoms with Gasteiger partial charge in [-0.25, -0.2) is 8.42 Å². The van der Waals surface area contributed by atoms with Gasteiger partial charge < -0.3 is 4.74 Å². The van der Waals surface area contributed by atoms with Crippen LogP contribution in [0.15, 0.2) is 53.4 Å². The summed E-state index contributed by atoms with van der Waals surface area (Å²) < 4.78 is 32.8. The van der Waals surface area contributed by atoms with Gasteiger partial charge in [-0.05, 0) is 29.3 Å². The van der Waals surface area contributed by atoms with Crippen LogP contribution in [0.4, 0.5) is 0 Å². The maximum atomic E-state index is 13.0. The maximum Gasteiger partial charge on any atom is 0.243 e. The molecule has 0 N–H and O–H groups in total. The molecule has 2 aromatic rings. The van der Waals surface area contributed by atoms with E-state index in [2.05, 4.69) is 0 Å². The second-order valence-electron chi connectivity index (χ2n) is 5.60. The smallest absolute Gasteiger partial charge is 0.243 e. The summed E-state index contributed by atoms with van der Waals surface area (Å²) in [4.78, 5) is 0.251. The molecule has 5 nitrogen and oxygen atoms in total. The third-order valence-electron chi connectivity index (χ3n) is 3.97. The fourth-order valence-corrected chi connectivity index (χ4v) is 4.20. The minimum Gasteiger partial charge on any atom is -0.493 e. The predicted molar refractivity (Wildman–Crippen MR) is 89.9 cm³/mol. The van der Waals surface area contributed by atoms with Crippen molar-refractivity contribution in [3.8, 4) is 11.8 Å². The number of nitriles is 1. The van der Waals surface area contributed by atoms with Crippen LogP contribution >= 0.6 is 0 Å². The molecule has 0 atom stereocenters. The van der Waals surface area contributed by atoms with E-state index in [0.717, 1.165) is 23.3 Å². The Morgan fingerprint density at radius 3 is 2.71 bits per heavy atom. The van der Waals surface area contributed by atoms with Crippen molar-refractivity contribution in [1.29, 1.82) is 5.26 Å². The number of hydrogen-bond acceptors (Lipinski definition) is 4. The molecule has 0 amide bonds. The molecule has 0 radical (unpaired) electrons. The number of fused-ring (bicyclic) bond motifs is 1. The Morgan fingerprint density at radius 1 is 1.17 bits per heavy atom. The van der Waals surface area contributed by atoms with Crippen LogP contribution in [0.3, 0.4) is 0 Å².